The van der Waals surface area contributed by atoms with Crippen molar-refractivity contribution in [2.45, 2.75) is 138 Å². The lowest BCUT2D eigenvalue weighted by Gasteiger charge is -2.70. The highest BCUT2D eigenvalue weighted by atomic mass is 16.6. The van der Waals surface area contributed by atoms with Crippen molar-refractivity contribution in [3.63, 3.8) is 0 Å². The molecule has 6 rings (SSSR count). The van der Waals surface area contributed by atoms with E-state index < -0.39 is 5.41 Å². The Balaban J connectivity index is 1.32. The monoisotopic (exact) mass is 596 g/mol. The minimum atomic E-state index is -0.550. The number of allylic oxidation sites excluding steroid dienone is 2. The normalized spacial score (nSPS) is 48.6. The molecule has 0 aromatic heterocycles. The molecule has 6 aliphatic rings. The molecule has 0 aromatic carbocycles. The second-order valence-corrected chi connectivity index (χ2v) is 17.4. The second-order valence-electron chi connectivity index (χ2n) is 17.4. The van der Waals surface area contributed by atoms with E-state index in [9.17, 15) is 14.4 Å². The van der Waals surface area contributed by atoms with Gasteiger partial charge in [-0.15, -0.1) is 0 Å². The van der Waals surface area contributed by atoms with E-state index in [0.717, 1.165) is 77.2 Å². The Labute approximate surface area is 259 Å². The molecule has 0 unspecified atom stereocenters. The molecule has 1 heterocycles. The summed E-state index contributed by atoms with van der Waals surface area (Å²) in [5.74, 6) is 0.440. The van der Waals surface area contributed by atoms with Crippen molar-refractivity contribution < 1.29 is 28.6 Å². The molecule has 43 heavy (non-hydrogen) atoms. The number of rotatable bonds is 4. The van der Waals surface area contributed by atoms with Crippen LogP contribution >= 0.6 is 0 Å². The van der Waals surface area contributed by atoms with Gasteiger partial charge in [-0.25, -0.2) is 0 Å². The van der Waals surface area contributed by atoms with E-state index in [2.05, 4.69) is 54.5 Å². The molecular weight excluding hydrogens is 540 g/mol. The Morgan fingerprint density at radius 2 is 1.65 bits per heavy atom. The van der Waals surface area contributed by atoms with Gasteiger partial charge in [0, 0.05) is 24.9 Å². The minimum Gasteiger partial charge on any atom is -0.463 e. The summed E-state index contributed by atoms with van der Waals surface area (Å²) in [5, 5.41) is 0. The lowest BCUT2D eigenvalue weighted by Crippen LogP contribution is -2.66. The maximum atomic E-state index is 14.6. The molecule has 5 fully saturated rings. The van der Waals surface area contributed by atoms with Gasteiger partial charge in [0.1, 0.15) is 12.7 Å². The van der Waals surface area contributed by atoms with Crippen LogP contribution in [0, 0.1) is 50.2 Å². The SMILES string of the molecule is CC(=O)O[C@@H]1CC[C@]2(C)[C@H](CC[C@]3(C)[C@@H]2C(=O)C=C2[C@@H]4C[C@](C)(C(=O)OC[C@@H]5CCCO5)CC[C@@]4(C)CC[C@]23C)C1(C)C. The molecule has 1 aliphatic heterocycles. The zero-order valence-electron chi connectivity index (χ0n) is 28.1. The van der Waals surface area contributed by atoms with Crippen LogP contribution in [0.25, 0.3) is 0 Å². The van der Waals surface area contributed by atoms with Gasteiger partial charge in [0.2, 0.25) is 0 Å². The molecule has 0 aromatic rings. The van der Waals surface area contributed by atoms with Crippen LogP contribution in [-0.4, -0.2) is 43.1 Å². The predicted octanol–water partition coefficient (Wildman–Crippen LogP) is 7.62. The van der Waals surface area contributed by atoms with Gasteiger partial charge in [-0.05, 0) is 117 Å². The van der Waals surface area contributed by atoms with Gasteiger partial charge in [-0.1, -0.05) is 47.1 Å². The van der Waals surface area contributed by atoms with Gasteiger partial charge in [0.05, 0.1) is 11.5 Å². The number of hydrogen-bond acceptors (Lipinski definition) is 6. The predicted molar refractivity (Wildman–Crippen MR) is 165 cm³/mol. The van der Waals surface area contributed by atoms with E-state index in [1.165, 1.54) is 12.5 Å². The van der Waals surface area contributed by atoms with Crippen molar-refractivity contribution in [3.8, 4) is 0 Å². The Hall–Kier alpha value is -1.69. The first-order valence-electron chi connectivity index (χ1n) is 17.2. The van der Waals surface area contributed by atoms with E-state index >= 15 is 0 Å². The molecule has 1 saturated heterocycles. The van der Waals surface area contributed by atoms with E-state index in [0.29, 0.717) is 18.3 Å². The number of ether oxygens (including phenoxy) is 3. The first-order valence-corrected chi connectivity index (χ1v) is 17.2. The Morgan fingerprint density at radius 1 is 0.930 bits per heavy atom. The first-order chi connectivity index (χ1) is 20.0. The maximum absolute atomic E-state index is 14.6. The lowest BCUT2D eigenvalue weighted by molar-refractivity contribution is -0.210. The quantitative estimate of drug-likeness (QED) is 0.311. The van der Waals surface area contributed by atoms with Crippen LogP contribution in [0.3, 0.4) is 0 Å². The van der Waals surface area contributed by atoms with Crippen molar-refractivity contribution in [2.75, 3.05) is 13.2 Å². The van der Waals surface area contributed by atoms with Gasteiger partial charge in [0.15, 0.2) is 5.78 Å². The van der Waals surface area contributed by atoms with Crippen molar-refractivity contribution >= 4 is 17.7 Å². The number of carbonyl (C=O) groups is 3. The Bertz CT molecular complexity index is 1210. The topological polar surface area (TPSA) is 78.9 Å². The summed E-state index contributed by atoms with van der Waals surface area (Å²) in [7, 11) is 0. The molecule has 10 atom stereocenters. The van der Waals surface area contributed by atoms with Gasteiger partial charge < -0.3 is 14.2 Å². The highest BCUT2D eigenvalue weighted by Gasteiger charge is 2.70. The van der Waals surface area contributed by atoms with Crippen LogP contribution in [0.1, 0.15) is 126 Å². The Kier molecular flexibility index (Phi) is 7.39. The number of esters is 2. The molecule has 0 spiro atoms. The summed E-state index contributed by atoms with van der Waals surface area (Å²) in [6, 6.07) is 0. The molecule has 0 amide bonds. The maximum Gasteiger partial charge on any atom is 0.311 e. The number of hydrogen-bond donors (Lipinski definition) is 0. The molecule has 0 bridgehead atoms. The Morgan fingerprint density at radius 3 is 2.33 bits per heavy atom. The fourth-order valence-electron chi connectivity index (χ4n) is 11.9. The molecule has 6 nitrogen and oxygen atoms in total. The van der Waals surface area contributed by atoms with Crippen LogP contribution in [-0.2, 0) is 28.6 Å². The summed E-state index contributed by atoms with van der Waals surface area (Å²) < 4.78 is 17.5. The smallest absolute Gasteiger partial charge is 0.311 e. The first kappa shape index (κ1) is 31.3. The largest absolute Gasteiger partial charge is 0.463 e. The number of fused-ring (bicyclic) bond motifs is 7. The molecule has 4 saturated carbocycles. The fourth-order valence-corrected chi connectivity index (χ4v) is 11.9. The lowest BCUT2D eigenvalue weighted by atomic mass is 9.33. The van der Waals surface area contributed by atoms with Crippen LogP contribution < -0.4 is 0 Å². The molecule has 0 N–H and O–H groups in total. The molecule has 5 aliphatic carbocycles. The third-order valence-corrected chi connectivity index (χ3v) is 14.7. The minimum absolute atomic E-state index is 0.0282. The second kappa shape index (κ2) is 10.2. The summed E-state index contributed by atoms with van der Waals surface area (Å²) in [6.07, 6.45) is 12.5. The van der Waals surface area contributed by atoms with Gasteiger partial charge in [-0.3, -0.25) is 14.4 Å². The summed E-state index contributed by atoms with van der Waals surface area (Å²) >= 11 is 0. The van der Waals surface area contributed by atoms with Gasteiger partial charge >= 0.3 is 11.9 Å². The van der Waals surface area contributed by atoms with E-state index in [1.54, 1.807) is 0 Å². The zero-order valence-corrected chi connectivity index (χ0v) is 28.1. The van der Waals surface area contributed by atoms with E-state index in [1.807, 2.05) is 0 Å². The molecule has 0 radical (unpaired) electrons. The highest BCUT2D eigenvalue weighted by Crippen LogP contribution is 2.75. The average molecular weight is 597 g/mol. The van der Waals surface area contributed by atoms with Gasteiger partial charge in [0.25, 0.3) is 0 Å². The van der Waals surface area contributed by atoms with E-state index in [4.69, 9.17) is 14.2 Å². The molecule has 6 heteroatoms. The number of carbonyl (C=O) groups excluding carboxylic acids is 3. The number of ketones is 1. The van der Waals surface area contributed by atoms with Gasteiger partial charge in [-0.2, -0.15) is 0 Å². The van der Waals surface area contributed by atoms with Crippen molar-refractivity contribution in [1.82, 2.24) is 0 Å². The van der Waals surface area contributed by atoms with Crippen molar-refractivity contribution in [3.05, 3.63) is 11.6 Å². The van der Waals surface area contributed by atoms with Crippen molar-refractivity contribution in [1.29, 1.82) is 0 Å². The molecule has 240 valence electrons. The van der Waals surface area contributed by atoms with Crippen LogP contribution in [0.15, 0.2) is 11.6 Å². The highest BCUT2D eigenvalue weighted by molar-refractivity contribution is 5.95. The third-order valence-electron chi connectivity index (χ3n) is 14.7. The third kappa shape index (κ3) is 4.53. The van der Waals surface area contributed by atoms with Crippen molar-refractivity contribution in [2.24, 2.45) is 50.2 Å². The standard InChI is InChI=1S/C37H56O6/c1-23(38)43-29-12-13-35(6)28(32(29,2)3)11-14-37(8)30(35)27(39)20-25-26-21-34(5,31(40)42-22-24-10-9-19-41-24)16-15-33(26,4)17-18-36(25,37)7/h20,24,26,28-30H,9-19,21-22H2,1-8H3/t24-,26-,28+,29+,30+,33-,34+,35+,36+,37+/m0/s1. The van der Waals surface area contributed by atoms with Crippen LogP contribution in [0.2, 0.25) is 0 Å². The van der Waals surface area contributed by atoms with Crippen LogP contribution in [0.5, 0.6) is 0 Å². The van der Waals surface area contributed by atoms with E-state index in [-0.39, 0.29) is 63.1 Å². The summed E-state index contributed by atoms with van der Waals surface area (Å²) in [6.45, 7) is 18.9. The summed E-state index contributed by atoms with van der Waals surface area (Å²) in [5.41, 5.74) is 0.270. The average Bonchev–Trinajstić information content (AvgIpc) is 3.45. The summed E-state index contributed by atoms with van der Waals surface area (Å²) in [4.78, 5) is 40.2. The fraction of sp³-hybridized carbons (Fsp3) is 0.865. The molecular formula is C37H56O6. The zero-order chi connectivity index (χ0) is 31.2. The van der Waals surface area contributed by atoms with Crippen LogP contribution in [0.4, 0.5) is 0 Å².